The third kappa shape index (κ3) is 4.64. The summed E-state index contributed by atoms with van der Waals surface area (Å²) in [6, 6.07) is 58.6. The van der Waals surface area contributed by atoms with Crippen LogP contribution in [-0.4, -0.2) is 11.7 Å². The van der Waals surface area contributed by atoms with Crippen LogP contribution >= 0.6 is 11.3 Å². The Labute approximate surface area is 287 Å². The second-order valence-electron chi connectivity index (χ2n) is 12.6. The summed E-state index contributed by atoms with van der Waals surface area (Å²) in [7, 11) is 0. The van der Waals surface area contributed by atoms with E-state index >= 15 is 0 Å². The summed E-state index contributed by atoms with van der Waals surface area (Å²) in [6.07, 6.45) is -0.433. The standard InChI is InChI=1S/C45H29N3S/c1-3-13-28(14-4-1)43-46-44(29-15-5-2-6-16-29)48-45(47-43)39-26-31(27-41-42(39)37-21-11-12-22-40(37)49-41)30-23-24-36-34-19-8-7-17-32(34)33-18-9-10-20-35(33)38(36)25-30/h1-27,45H,(H,46,47,48). The van der Waals surface area contributed by atoms with Gasteiger partial charge in [0.05, 0.1) is 0 Å². The molecule has 9 aromatic rings. The van der Waals surface area contributed by atoms with Gasteiger partial charge in [0.1, 0.15) is 11.7 Å². The zero-order chi connectivity index (χ0) is 32.3. The number of nitrogens with one attached hydrogen (secondary N) is 1. The highest BCUT2D eigenvalue weighted by Gasteiger charge is 2.24. The van der Waals surface area contributed by atoms with E-state index in [1.165, 1.54) is 63.6 Å². The first-order valence-corrected chi connectivity index (χ1v) is 17.4. The lowest BCUT2D eigenvalue weighted by atomic mass is 9.91. The first-order chi connectivity index (χ1) is 24.3. The number of fused-ring (bicyclic) bond motifs is 9. The van der Waals surface area contributed by atoms with Gasteiger partial charge in [-0.1, -0.05) is 140 Å². The fourth-order valence-corrected chi connectivity index (χ4v) is 8.60. The molecule has 8 aromatic carbocycles. The van der Waals surface area contributed by atoms with Crippen molar-refractivity contribution in [3.8, 4) is 11.1 Å². The molecule has 230 valence electrons. The number of benzene rings is 8. The van der Waals surface area contributed by atoms with Crippen LogP contribution in [0.1, 0.15) is 22.9 Å². The maximum atomic E-state index is 5.32. The van der Waals surface area contributed by atoms with Gasteiger partial charge < -0.3 is 5.32 Å². The van der Waals surface area contributed by atoms with Crippen molar-refractivity contribution in [2.45, 2.75) is 6.17 Å². The average molecular weight is 644 g/mol. The molecule has 10 rings (SSSR count). The summed E-state index contributed by atoms with van der Waals surface area (Å²) in [6.45, 7) is 0. The number of hydrogen-bond acceptors (Lipinski definition) is 4. The molecule has 0 radical (unpaired) electrons. The summed E-state index contributed by atoms with van der Waals surface area (Å²) in [4.78, 5) is 10.6. The summed E-state index contributed by atoms with van der Waals surface area (Å²) >= 11 is 1.84. The molecule has 1 aromatic heterocycles. The first kappa shape index (κ1) is 28.0. The normalized spacial score (nSPS) is 13.6. The zero-order valence-electron chi connectivity index (χ0n) is 26.5. The highest BCUT2D eigenvalue weighted by atomic mass is 32.1. The van der Waals surface area contributed by atoms with Crippen molar-refractivity contribution in [1.29, 1.82) is 0 Å². The molecule has 0 saturated carbocycles. The van der Waals surface area contributed by atoms with Gasteiger partial charge in [0.15, 0.2) is 6.17 Å². The van der Waals surface area contributed by atoms with E-state index in [2.05, 4.69) is 157 Å². The zero-order valence-corrected chi connectivity index (χ0v) is 27.3. The largest absolute Gasteiger partial charge is 0.324 e. The third-order valence-corrected chi connectivity index (χ3v) is 10.8. The quantitative estimate of drug-likeness (QED) is 0.190. The van der Waals surface area contributed by atoms with Crippen LogP contribution in [0.15, 0.2) is 174 Å². The van der Waals surface area contributed by atoms with Crippen LogP contribution in [0, 0.1) is 0 Å². The molecule has 0 unspecified atom stereocenters. The number of nitrogens with zero attached hydrogens (tertiary/aromatic N) is 2. The molecule has 0 bridgehead atoms. The lowest BCUT2D eigenvalue weighted by Gasteiger charge is -2.23. The molecule has 0 saturated heterocycles. The van der Waals surface area contributed by atoms with E-state index in [0.29, 0.717) is 0 Å². The first-order valence-electron chi connectivity index (χ1n) is 16.6. The number of hydrogen-bond donors (Lipinski definition) is 1. The van der Waals surface area contributed by atoms with Gasteiger partial charge in [-0.05, 0) is 67.7 Å². The number of thiophene rings is 1. The molecule has 2 heterocycles. The maximum absolute atomic E-state index is 5.32. The monoisotopic (exact) mass is 643 g/mol. The van der Waals surface area contributed by atoms with Gasteiger partial charge in [-0.15, -0.1) is 11.3 Å². The molecule has 0 aliphatic carbocycles. The Balaban J connectivity index is 1.24. The van der Waals surface area contributed by atoms with Gasteiger partial charge in [-0.2, -0.15) is 0 Å². The van der Waals surface area contributed by atoms with Gasteiger partial charge >= 0.3 is 0 Å². The molecule has 49 heavy (non-hydrogen) atoms. The maximum Gasteiger partial charge on any atom is 0.170 e. The summed E-state index contributed by atoms with van der Waals surface area (Å²) < 4.78 is 2.50. The fourth-order valence-electron chi connectivity index (χ4n) is 7.42. The van der Waals surface area contributed by atoms with E-state index in [9.17, 15) is 0 Å². The molecule has 0 fully saturated rings. The molecule has 3 nitrogen and oxygen atoms in total. The van der Waals surface area contributed by atoms with Crippen molar-refractivity contribution < 1.29 is 0 Å². The van der Waals surface area contributed by atoms with Crippen molar-refractivity contribution in [2.24, 2.45) is 9.98 Å². The van der Waals surface area contributed by atoms with E-state index in [-0.39, 0.29) is 0 Å². The van der Waals surface area contributed by atoms with E-state index in [0.717, 1.165) is 28.4 Å². The minimum atomic E-state index is -0.433. The lowest BCUT2D eigenvalue weighted by Crippen LogP contribution is -2.36. The smallest absolute Gasteiger partial charge is 0.170 e. The van der Waals surface area contributed by atoms with Crippen LogP contribution in [0.4, 0.5) is 0 Å². The van der Waals surface area contributed by atoms with E-state index < -0.39 is 6.17 Å². The van der Waals surface area contributed by atoms with Gasteiger partial charge in [0, 0.05) is 36.9 Å². The Kier molecular flexibility index (Phi) is 6.42. The Hall–Kier alpha value is -6.10. The Morgan fingerprint density at radius 2 is 0.898 bits per heavy atom. The van der Waals surface area contributed by atoms with Crippen LogP contribution in [0.5, 0.6) is 0 Å². The molecule has 0 amide bonds. The number of aliphatic imine (C=N–C) groups is 2. The van der Waals surface area contributed by atoms with Crippen molar-refractivity contribution in [3.05, 3.63) is 180 Å². The molecule has 1 N–H and O–H groups in total. The van der Waals surface area contributed by atoms with Gasteiger partial charge in [-0.25, -0.2) is 9.98 Å². The van der Waals surface area contributed by atoms with Crippen molar-refractivity contribution in [1.82, 2.24) is 5.32 Å². The Bertz CT molecular complexity index is 2710. The molecule has 0 spiro atoms. The number of rotatable bonds is 4. The molecular formula is C45H29N3S. The fraction of sp³-hybridized carbons (Fsp3) is 0.0222. The molecule has 1 aliphatic rings. The summed E-state index contributed by atoms with van der Waals surface area (Å²) in [5.74, 6) is 1.64. The minimum Gasteiger partial charge on any atom is -0.324 e. The van der Waals surface area contributed by atoms with Gasteiger partial charge in [-0.3, -0.25) is 0 Å². The van der Waals surface area contributed by atoms with Crippen LogP contribution in [0.2, 0.25) is 0 Å². The van der Waals surface area contributed by atoms with Crippen LogP contribution in [0.3, 0.4) is 0 Å². The molecule has 0 atom stereocenters. The predicted octanol–water partition coefficient (Wildman–Crippen LogP) is 11.7. The average Bonchev–Trinajstić information content (AvgIpc) is 3.57. The second-order valence-corrected chi connectivity index (χ2v) is 13.7. The van der Waals surface area contributed by atoms with Crippen LogP contribution in [0.25, 0.3) is 63.6 Å². The van der Waals surface area contributed by atoms with E-state index in [4.69, 9.17) is 9.98 Å². The summed E-state index contributed by atoms with van der Waals surface area (Å²) in [5, 5.41) is 13.7. The van der Waals surface area contributed by atoms with Crippen molar-refractivity contribution >= 4 is 75.5 Å². The van der Waals surface area contributed by atoms with E-state index in [1.54, 1.807) is 0 Å². The molecule has 4 heteroatoms. The second kappa shape index (κ2) is 11.3. The highest BCUT2D eigenvalue weighted by molar-refractivity contribution is 7.25. The van der Waals surface area contributed by atoms with Crippen LogP contribution in [-0.2, 0) is 0 Å². The topological polar surface area (TPSA) is 36.8 Å². The van der Waals surface area contributed by atoms with Crippen LogP contribution < -0.4 is 5.32 Å². The summed E-state index contributed by atoms with van der Waals surface area (Å²) in [5.41, 5.74) is 5.53. The number of amidine groups is 2. The van der Waals surface area contributed by atoms with Crippen molar-refractivity contribution in [3.63, 3.8) is 0 Å². The molecular weight excluding hydrogens is 615 g/mol. The van der Waals surface area contributed by atoms with Crippen molar-refractivity contribution in [2.75, 3.05) is 0 Å². The SMILES string of the molecule is c1ccc(C2=NC(c3cc(-c4ccc5c6ccccc6c6ccccc6c5c4)cc4sc5ccccc5c34)N=C(c3ccccc3)N2)cc1. The minimum absolute atomic E-state index is 0.433. The third-order valence-electron chi connectivity index (χ3n) is 9.70. The van der Waals surface area contributed by atoms with Gasteiger partial charge in [0.2, 0.25) is 0 Å². The van der Waals surface area contributed by atoms with E-state index in [1.807, 2.05) is 23.5 Å². The Morgan fingerprint density at radius 3 is 1.51 bits per heavy atom. The Morgan fingerprint density at radius 1 is 0.388 bits per heavy atom. The highest BCUT2D eigenvalue weighted by Crippen LogP contribution is 2.44. The van der Waals surface area contributed by atoms with Gasteiger partial charge in [0.25, 0.3) is 0 Å². The predicted molar refractivity (Wildman–Crippen MR) is 209 cm³/mol. The molecule has 1 aliphatic heterocycles. The lowest BCUT2D eigenvalue weighted by molar-refractivity contribution is 0.763.